The van der Waals surface area contributed by atoms with Crippen molar-refractivity contribution in [1.82, 2.24) is 20.2 Å². The summed E-state index contributed by atoms with van der Waals surface area (Å²) in [5.41, 5.74) is 5.12. The number of likely N-dealkylation sites (N-methyl/N-ethyl adjacent to an activating group) is 1. The first-order chi connectivity index (χ1) is 25.4. The lowest BCUT2D eigenvalue weighted by atomic mass is 9.90. The summed E-state index contributed by atoms with van der Waals surface area (Å²) in [5, 5.41) is 13.1. The molecule has 6 rings (SSSR count). The molecule has 2 aliphatic carbocycles. The van der Waals surface area contributed by atoms with Gasteiger partial charge >= 0.3 is 12.1 Å². The molecule has 0 aliphatic heterocycles. The predicted molar refractivity (Wildman–Crippen MR) is 195 cm³/mol. The molecular weight excluding hydrogens is 709 g/mol. The van der Waals surface area contributed by atoms with E-state index in [0.717, 1.165) is 52.4 Å². The van der Waals surface area contributed by atoms with Crippen LogP contribution in [0, 0.1) is 5.92 Å². The third kappa shape index (κ3) is 8.66. The minimum atomic E-state index is -4.67. The Hall–Kier alpha value is -4.52. The molecule has 0 bridgehead atoms. The number of aromatic nitrogens is 2. The molecule has 0 amide bonds. The predicted octanol–water partition coefficient (Wildman–Crippen LogP) is 7.75. The normalized spacial score (nSPS) is 17.0. The van der Waals surface area contributed by atoms with Gasteiger partial charge in [0.15, 0.2) is 0 Å². The Morgan fingerprint density at radius 1 is 0.981 bits per heavy atom. The third-order valence-electron chi connectivity index (χ3n) is 10.1. The van der Waals surface area contributed by atoms with Gasteiger partial charge in [0.2, 0.25) is 11.8 Å². The van der Waals surface area contributed by atoms with Crippen molar-refractivity contribution < 1.29 is 37.3 Å². The maximum Gasteiger partial charge on any atom is 0.418 e. The highest BCUT2D eigenvalue weighted by Crippen LogP contribution is 2.45. The van der Waals surface area contributed by atoms with Gasteiger partial charge in [-0.2, -0.15) is 13.2 Å². The van der Waals surface area contributed by atoms with Crippen LogP contribution in [0.2, 0.25) is 5.02 Å². The largest absolute Gasteiger partial charge is 0.481 e. The second-order valence-electron chi connectivity index (χ2n) is 13.8. The van der Waals surface area contributed by atoms with Gasteiger partial charge < -0.3 is 19.9 Å². The summed E-state index contributed by atoms with van der Waals surface area (Å²) in [4.78, 5) is 33.3. The number of Topliss-reactive ketones (excluding diaryl/α,β-unsaturated/α-hetero) is 1. The van der Waals surface area contributed by atoms with Crippen molar-refractivity contribution in [1.29, 1.82) is 0 Å². The van der Waals surface area contributed by atoms with Gasteiger partial charge in [0.05, 0.1) is 42.7 Å². The van der Waals surface area contributed by atoms with Crippen molar-refractivity contribution >= 4 is 23.4 Å². The maximum atomic E-state index is 14.5. The van der Waals surface area contributed by atoms with E-state index >= 15 is 0 Å². The van der Waals surface area contributed by atoms with Crippen LogP contribution in [0.4, 0.5) is 13.2 Å². The lowest BCUT2D eigenvalue weighted by Crippen LogP contribution is -2.26. The van der Waals surface area contributed by atoms with Crippen molar-refractivity contribution in [3.05, 3.63) is 93.1 Å². The maximum absolute atomic E-state index is 14.5. The van der Waals surface area contributed by atoms with Crippen LogP contribution >= 0.6 is 11.6 Å². The van der Waals surface area contributed by atoms with Crippen molar-refractivity contribution in [2.75, 3.05) is 34.4 Å². The van der Waals surface area contributed by atoms with Crippen LogP contribution in [-0.2, 0) is 41.7 Å². The summed E-state index contributed by atoms with van der Waals surface area (Å²) in [7, 11) is 4.43. The van der Waals surface area contributed by atoms with Gasteiger partial charge in [-0.1, -0.05) is 54.1 Å². The van der Waals surface area contributed by atoms with E-state index in [2.05, 4.69) is 10.3 Å². The monoisotopic (exact) mass is 750 g/mol. The van der Waals surface area contributed by atoms with E-state index in [9.17, 15) is 22.8 Å². The second-order valence-corrected chi connectivity index (χ2v) is 14.2. The molecule has 2 aliphatic rings. The number of nitrogens with one attached hydrogen (secondary N) is 1. The fraction of sp³-hybridized carbons (Fsp3) is 0.400. The molecule has 2 N–H and O–H groups in total. The molecule has 4 aromatic rings. The number of carbonyl (C=O) groups is 2. The summed E-state index contributed by atoms with van der Waals surface area (Å²) in [6.45, 7) is 0.880. The number of aliphatic carboxylic acids is 1. The van der Waals surface area contributed by atoms with Crippen LogP contribution < -0.4 is 14.8 Å². The third-order valence-corrected chi connectivity index (χ3v) is 10.5. The number of rotatable bonds is 14. The zero-order valence-electron chi connectivity index (χ0n) is 29.9. The smallest absolute Gasteiger partial charge is 0.418 e. The molecule has 2 aromatic heterocycles. The van der Waals surface area contributed by atoms with Gasteiger partial charge in [-0.05, 0) is 79.9 Å². The molecule has 2 atom stereocenters. The number of carbonyl (C=O) groups excluding carboxylic acids is 1. The molecule has 0 spiro atoms. The van der Waals surface area contributed by atoms with E-state index in [0.29, 0.717) is 60.5 Å². The number of ether oxygens (including phenoxy) is 2. The Morgan fingerprint density at radius 3 is 2.40 bits per heavy atom. The molecule has 1 saturated carbocycles. The topological polar surface area (TPSA) is 114 Å². The highest BCUT2D eigenvalue weighted by molar-refractivity contribution is 6.36. The van der Waals surface area contributed by atoms with Crippen LogP contribution in [0.25, 0.3) is 22.4 Å². The Kier molecular flexibility index (Phi) is 11.7. The Labute approximate surface area is 311 Å². The van der Waals surface area contributed by atoms with Gasteiger partial charge in [-0.15, -0.1) is 0 Å². The average molecular weight is 751 g/mol. The number of hydrogen-bond donors (Lipinski definition) is 2. The number of methoxy groups -OCH3 is 2. The fourth-order valence-electron chi connectivity index (χ4n) is 7.63. The SMILES string of the molecule is COc1nc(-c2cccc(-c3cccc4c3CC[C@@H]4Cc3nc(OC)c(CN(C)CC(=O)O)cc3C(F)(F)F)c2Cl)ccc1CNC[C@@H]1CCC(=O)C1. The summed E-state index contributed by atoms with van der Waals surface area (Å²) in [6.07, 6.45) is -1.16. The zero-order chi connectivity index (χ0) is 37.9. The minimum absolute atomic E-state index is 0.0390. The van der Waals surface area contributed by atoms with Gasteiger partial charge in [-0.3, -0.25) is 14.5 Å². The zero-order valence-corrected chi connectivity index (χ0v) is 30.6. The number of carboxylic acids is 1. The Morgan fingerprint density at radius 2 is 1.70 bits per heavy atom. The van der Waals surface area contributed by atoms with Crippen LogP contribution in [0.5, 0.6) is 11.8 Å². The first-order valence-electron chi connectivity index (χ1n) is 17.6. The van der Waals surface area contributed by atoms with E-state index in [1.165, 1.54) is 19.1 Å². The molecule has 53 heavy (non-hydrogen) atoms. The molecule has 9 nitrogen and oxygen atoms in total. The molecule has 0 radical (unpaired) electrons. The number of benzene rings is 2. The van der Waals surface area contributed by atoms with Gasteiger partial charge in [0, 0.05) is 48.2 Å². The van der Waals surface area contributed by atoms with Gasteiger partial charge in [-0.25, -0.2) is 9.97 Å². The highest BCUT2D eigenvalue weighted by Gasteiger charge is 2.37. The molecule has 0 unspecified atom stereocenters. The second kappa shape index (κ2) is 16.2. The lowest BCUT2D eigenvalue weighted by molar-refractivity contribution is -0.139. The van der Waals surface area contributed by atoms with Crippen molar-refractivity contribution in [3.63, 3.8) is 0 Å². The lowest BCUT2D eigenvalue weighted by Gasteiger charge is -2.21. The summed E-state index contributed by atoms with van der Waals surface area (Å²) < 4.78 is 54.4. The number of alkyl halides is 3. The van der Waals surface area contributed by atoms with Crippen molar-refractivity contribution in [3.8, 4) is 34.1 Å². The number of halogens is 4. The molecule has 0 saturated heterocycles. The number of fused-ring (bicyclic) bond motifs is 1. The summed E-state index contributed by atoms with van der Waals surface area (Å²) in [5.74, 6) is -0.132. The van der Waals surface area contributed by atoms with Crippen LogP contribution in [0.3, 0.4) is 0 Å². The number of pyridine rings is 2. The van der Waals surface area contributed by atoms with E-state index in [4.69, 9.17) is 31.2 Å². The van der Waals surface area contributed by atoms with Crippen LogP contribution in [0.15, 0.2) is 54.6 Å². The summed E-state index contributed by atoms with van der Waals surface area (Å²) >= 11 is 7.13. The van der Waals surface area contributed by atoms with E-state index in [1.54, 1.807) is 7.11 Å². The minimum Gasteiger partial charge on any atom is -0.481 e. The Bertz CT molecular complexity index is 2010. The van der Waals surface area contributed by atoms with E-state index in [-0.39, 0.29) is 42.6 Å². The summed E-state index contributed by atoms with van der Waals surface area (Å²) in [6, 6.07) is 16.5. The van der Waals surface area contributed by atoms with E-state index in [1.807, 2.05) is 48.5 Å². The number of ketones is 1. The highest BCUT2D eigenvalue weighted by atomic mass is 35.5. The number of carboxylic acid groups (broad SMARTS) is 1. The van der Waals surface area contributed by atoms with Crippen molar-refractivity contribution in [2.24, 2.45) is 5.92 Å². The van der Waals surface area contributed by atoms with Gasteiger partial charge in [0.1, 0.15) is 5.78 Å². The van der Waals surface area contributed by atoms with Crippen molar-refractivity contribution in [2.45, 2.75) is 63.7 Å². The number of nitrogens with zero attached hydrogens (tertiary/aromatic N) is 3. The quantitative estimate of drug-likeness (QED) is 0.134. The molecule has 13 heteroatoms. The van der Waals surface area contributed by atoms with E-state index < -0.39 is 17.7 Å². The first kappa shape index (κ1) is 38.2. The molecule has 1 fully saturated rings. The Balaban J connectivity index is 1.25. The fourth-order valence-corrected chi connectivity index (χ4v) is 7.95. The average Bonchev–Trinajstić information content (AvgIpc) is 3.73. The molecular formula is C40H42ClF3N4O5. The standard InChI is InChI=1S/C40H42ClF3N4O5/c1-48(22-36(50)51)21-26-17-33(40(42,43)44)35(47-39(26)53-3)18-24-11-14-30-28(24)6-4-7-29(30)31-8-5-9-32(37(31)41)34-15-12-25(38(46-34)52-2)20-45-19-23-10-13-27(49)16-23/h4-9,12,15,17,23-24,45H,10-11,13-14,16,18-22H2,1-3H3,(H,50,51)/t23-,24-/m1/s1. The first-order valence-corrected chi connectivity index (χ1v) is 18.0. The molecule has 2 aromatic carbocycles. The van der Waals surface area contributed by atoms with Crippen LogP contribution in [-0.4, -0.2) is 66.1 Å². The molecule has 280 valence electrons. The molecule has 2 heterocycles. The van der Waals surface area contributed by atoms with Gasteiger partial charge in [0.25, 0.3) is 0 Å². The number of hydrogen-bond acceptors (Lipinski definition) is 8. The van der Waals surface area contributed by atoms with Crippen LogP contribution in [0.1, 0.15) is 65.1 Å².